The van der Waals surface area contributed by atoms with Gasteiger partial charge in [-0.05, 0) is 67.5 Å². The first-order valence-corrected chi connectivity index (χ1v) is 21.2. The topological polar surface area (TPSA) is 193 Å². The van der Waals surface area contributed by atoms with Crippen LogP contribution in [0.5, 0.6) is 5.75 Å². The molecule has 14 nitrogen and oxygen atoms in total. The monoisotopic (exact) mass is 852 g/mol. The zero-order valence-corrected chi connectivity index (χ0v) is 35.4. The summed E-state index contributed by atoms with van der Waals surface area (Å²) in [5, 5.41) is 9.82. The molecule has 0 aliphatic heterocycles. The maximum absolute atomic E-state index is 14.5. The number of hydrogen-bond donors (Lipinski definition) is 3. The van der Waals surface area contributed by atoms with Crippen molar-refractivity contribution in [3.63, 3.8) is 0 Å². The fourth-order valence-electron chi connectivity index (χ4n) is 6.47. The summed E-state index contributed by atoms with van der Waals surface area (Å²) < 4.78 is 40.4. The van der Waals surface area contributed by atoms with Gasteiger partial charge in [-0.1, -0.05) is 108 Å². The fourth-order valence-corrected chi connectivity index (χ4v) is 7.39. The average molecular weight is 853 g/mol. The molecule has 3 N–H and O–H groups in total. The Hall–Kier alpha value is -6.37. The first-order valence-electron chi connectivity index (χ1n) is 19.9. The molecule has 1 aromatic heterocycles. The maximum atomic E-state index is 14.5. The molecule has 0 aliphatic carbocycles. The second-order valence-corrected chi connectivity index (χ2v) is 16.5. The van der Waals surface area contributed by atoms with E-state index in [0.717, 1.165) is 16.7 Å². The molecule has 0 saturated carbocycles. The predicted octanol–water partition coefficient (Wildman–Crippen LogP) is 8.14. The van der Waals surface area contributed by atoms with Gasteiger partial charge in [0.15, 0.2) is 0 Å². The van der Waals surface area contributed by atoms with E-state index in [-0.39, 0.29) is 44.6 Å². The molecule has 2 amide bonds. The lowest BCUT2D eigenvalue weighted by Gasteiger charge is -2.25. The van der Waals surface area contributed by atoms with E-state index in [0.29, 0.717) is 17.0 Å². The number of rotatable bonds is 19. The highest BCUT2D eigenvalue weighted by atomic mass is 31.1. The van der Waals surface area contributed by atoms with Crippen LogP contribution < -0.4 is 15.4 Å². The Kier molecular flexibility index (Phi) is 16.7. The maximum Gasteiger partial charge on any atom is 0.514 e. The molecular formula is C46H51N3O11P+. The Labute approximate surface area is 355 Å². The lowest BCUT2D eigenvalue weighted by molar-refractivity contribution is -0.147. The van der Waals surface area contributed by atoms with E-state index in [1.807, 2.05) is 78.9 Å². The Bertz CT molecular complexity index is 2190. The number of esters is 1. The summed E-state index contributed by atoms with van der Waals surface area (Å²) in [6, 6.07) is 33.4. The van der Waals surface area contributed by atoms with Crippen LogP contribution in [0, 0.1) is 5.92 Å². The van der Waals surface area contributed by atoms with Gasteiger partial charge in [0.05, 0.1) is 12.6 Å². The number of nitrogens with one attached hydrogen (secondary N) is 2. The van der Waals surface area contributed by atoms with Crippen LogP contribution in [0.1, 0.15) is 56.6 Å². The van der Waals surface area contributed by atoms with Gasteiger partial charge in [-0.3, -0.25) is 4.79 Å². The van der Waals surface area contributed by atoms with Crippen LogP contribution in [0.2, 0.25) is 0 Å². The van der Waals surface area contributed by atoms with Crippen molar-refractivity contribution in [2.75, 3.05) is 6.61 Å². The summed E-state index contributed by atoms with van der Waals surface area (Å²) in [6.07, 6.45) is -1.84. The van der Waals surface area contributed by atoms with E-state index in [1.54, 1.807) is 58.0 Å². The Morgan fingerprint density at radius 2 is 1.38 bits per heavy atom. The molecule has 0 radical (unpaired) electrons. The van der Waals surface area contributed by atoms with Gasteiger partial charge >= 0.3 is 26.2 Å². The number of benzene rings is 4. The van der Waals surface area contributed by atoms with E-state index < -0.39 is 61.4 Å². The van der Waals surface area contributed by atoms with Gasteiger partial charge in [0.2, 0.25) is 11.6 Å². The Morgan fingerprint density at radius 1 is 0.770 bits per heavy atom. The van der Waals surface area contributed by atoms with Crippen LogP contribution in [0.25, 0.3) is 11.3 Å². The molecule has 1 heterocycles. The van der Waals surface area contributed by atoms with Crippen molar-refractivity contribution in [3.05, 3.63) is 144 Å². The fraction of sp³-hybridized carbons (Fsp3) is 0.326. The minimum atomic E-state index is -3.02. The molecule has 5 aromatic rings. The lowest BCUT2D eigenvalue weighted by atomic mass is 9.91. The molecule has 4 unspecified atom stereocenters. The zero-order chi connectivity index (χ0) is 43.8. The number of carbonyl (C=O) groups is 4. The quantitative estimate of drug-likeness (QED) is 0.0313. The predicted molar refractivity (Wildman–Crippen MR) is 227 cm³/mol. The molecule has 5 atom stereocenters. The van der Waals surface area contributed by atoms with Crippen LogP contribution in [0.3, 0.4) is 0 Å². The largest absolute Gasteiger partial charge is 0.514 e. The van der Waals surface area contributed by atoms with Gasteiger partial charge in [0, 0.05) is 36.8 Å². The average Bonchev–Trinajstić information content (AvgIpc) is 3.71. The highest BCUT2D eigenvalue weighted by molar-refractivity contribution is 7.39. The second-order valence-electron chi connectivity index (χ2n) is 15.3. The Balaban J connectivity index is 1.42. The van der Waals surface area contributed by atoms with Crippen molar-refractivity contribution >= 4 is 32.2 Å². The minimum absolute atomic E-state index is 0.00634. The summed E-state index contributed by atoms with van der Waals surface area (Å²) in [4.78, 5) is 64.3. The first kappa shape index (κ1) is 45.7. The first-order chi connectivity index (χ1) is 29.3. The summed E-state index contributed by atoms with van der Waals surface area (Å²) in [5.74, 6) is -1.89. The van der Waals surface area contributed by atoms with E-state index >= 15 is 0 Å². The number of aromatic nitrogens is 1. The van der Waals surface area contributed by atoms with Gasteiger partial charge < -0.3 is 34.1 Å². The van der Waals surface area contributed by atoms with E-state index in [9.17, 15) is 28.6 Å². The third kappa shape index (κ3) is 15.0. The van der Waals surface area contributed by atoms with Gasteiger partial charge in [0.25, 0.3) is 0 Å². The lowest BCUT2D eigenvalue weighted by Crippen LogP contribution is -2.48. The van der Waals surface area contributed by atoms with Crippen molar-refractivity contribution in [1.29, 1.82) is 0 Å². The highest BCUT2D eigenvalue weighted by Gasteiger charge is 2.43. The molecule has 0 spiro atoms. The summed E-state index contributed by atoms with van der Waals surface area (Å²) in [7, 11) is -3.02. The molecule has 0 bridgehead atoms. The number of nitrogens with zero attached hydrogens (tertiary/aromatic N) is 1. The van der Waals surface area contributed by atoms with Crippen molar-refractivity contribution in [2.24, 2.45) is 5.92 Å². The number of hydrogen-bond acceptors (Lipinski definition) is 11. The van der Waals surface area contributed by atoms with Gasteiger partial charge in [-0.25, -0.2) is 14.4 Å². The zero-order valence-electron chi connectivity index (χ0n) is 34.5. The molecule has 0 aliphatic rings. The Morgan fingerprint density at radius 3 is 1.98 bits per heavy atom. The SMILES string of the molecule is CCOC(=O)C(Cc1ccc(OC(=O)OC(C)(C)C)cc1)NC(=O)C(Cc1cc(-c2ccccc2)no1)CC([C@@H](Cc1ccccc1)NC(=O)OCc1ccccc1)[P+](=O)O. The number of ether oxygens (including phenoxy) is 4. The molecule has 61 heavy (non-hydrogen) atoms. The van der Waals surface area contributed by atoms with Crippen molar-refractivity contribution in [2.45, 2.75) is 83.3 Å². The third-order valence-electron chi connectivity index (χ3n) is 9.38. The number of carbonyl (C=O) groups excluding carboxylic acids is 4. The van der Waals surface area contributed by atoms with Gasteiger partial charge in [-0.15, -0.1) is 0 Å². The minimum Gasteiger partial charge on any atom is -0.464 e. The molecule has 320 valence electrons. The standard InChI is InChI=1S/C46H50N3O11P/c1-5-56-43(51)40(26-32-21-23-36(24-22-32)58-45(53)59-46(2,3)4)47-42(50)35(27-37-29-38(49-60-37)34-19-13-8-14-20-34)28-41(61(54)55)39(25-31-15-9-6-10-16-31)48-44(52)57-30-33-17-11-7-12-18-33/h6-24,29,35,39-41H,5,25-28,30H2,1-4H3,(H2-,47,48,50,52,54,55)/p+1/t35?,39-,40?,41?/m1/s1. The molecule has 4 aromatic carbocycles. The number of alkyl carbamates (subject to hydrolysis) is 1. The molecule has 5 rings (SSSR count). The van der Waals surface area contributed by atoms with Crippen LogP contribution in [0.4, 0.5) is 9.59 Å². The van der Waals surface area contributed by atoms with Crippen molar-refractivity contribution < 1.29 is 52.1 Å². The van der Waals surface area contributed by atoms with E-state index in [4.69, 9.17) is 23.5 Å². The molecule has 0 saturated heterocycles. The van der Waals surface area contributed by atoms with Crippen molar-refractivity contribution in [3.8, 4) is 17.0 Å². The van der Waals surface area contributed by atoms with E-state index in [2.05, 4.69) is 15.8 Å². The van der Waals surface area contributed by atoms with Crippen LogP contribution in [-0.4, -0.2) is 64.1 Å². The van der Waals surface area contributed by atoms with Crippen LogP contribution >= 0.6 is 8.03 Å². The van der Waals surface area contributed by atoms with Crippen molar-refractivity contribution in [1.82, 2.24) is 15.8 Å². The summed E-state index contributed by atoms with van der Waals surface area (Å²) in [5.41, 5.74) is 1.50. The molecule has 15 heteroatoms. The highest BCUT2D eigenvalue weighted by Crippen LogP contribution is 2.35. The second kappa shape index (κ2) is 22.3. The smallest absolute Gasteiger partial charge is 0.464 e. The summed E-state index contributed by atoms with van der Waals surface area (Å²) in [6.45, 7) is 6.80. The van der Waals surface area contributed by atoms with E-state index in [1.165, 1.54) is 12.1 Å². The van der Waals surface area contributed by atoms with Gasteiger partial charge in [-0.2, -0.15) is 4.89 Å². The molecule has 0 fully saturated rings. The van der Waals surface area contributed by atoms with Gasteiger partial charge in [0.1, 0.15) is 35.5 Å². The van der Waals surface area contributed by atoms with Crippen LogP contribution in [-0.2, 0) is 54.2 Å². The summed E-state index contributed by atoms with van der Waals surface area (Å²) >= 11 is 0. The normalized spacial score (nSPS) is 13.4. The number of amides is 2. The third-order valence-corrected chi connectivity index (χ3v) is 10.5. The molecular weight excluding hydrogens is 801 g/mol. The van der Waals surface area contributed by atoms with Crippen LogP contribution in [0.15, 0.2) is 126 Å².